The maximum atomic E-state index is 7.25. The number of nitroso groups, excluding NO2 is 2. The second-order valence-electron chi connectivity index (χ2n) is 5.25. The van der Waals surface area contributed by atoms with Crippen LogP contribution in [0.1, 0.15) is 0 Å². The smallest absolute Gasteiger partial charge is 0.450 e. The Labute approximate surface area is 259 Å². The molecule has 0 spiro atoms. The van der Waals surface area contributed by atoms with Crippen LogP contribution in [0.2, 0.25) is 0 Å². The third kappa shape index (κ3) is 52.7. The third-order valence-electron chi connectivity index (χ3n) is 3.01. The van der Waals surface area contributed by atoms with Crippen LogP contribution in [0.3, 0.4) is 0 Å². The zero-order valence-electron chi connectivity index (χ0n) is 20.8. The molecule has 37 heavy (non-hydrogen) atoms. The van der Waals surface area contributed by atoms with E-state index in [-0.39, 0.29) is 52.0 Å². The second kappa shape index (κ2) is 52.0. The molecule has 2 aromatic heterocycles. The maximum Gasteiger partial charge on any atom is 1.00 e. The largest absolute Gasteiger partial charge is 1.00 e. The van der Waals surface area contributed by atoms with E-state index in [0.717, 1.165) is 0 Å². The quantitative estimate of drug-likeness (QED) is 0.217. The number of rotatable bonds is 0. The summed E-state index contributed by atoms with van der Waals surface area (Å²) in [7, 11) is 0. The van der Waals surface area contributed by atoms with Gasteiger partial charge < -0.3 is 43.4 Å². The second-order valence-corrected chi connectivity index (χ2v) is 6.06. The van der Waals surface area contributed by atoms with Crippen molar-refractivity contribution in [2.24, 2.45) is 0 Å². The average molecular weight is 623 g/mol. The van der Waals surface area contributed by atoms with Crippen molar-refractivity contribution in [1.29, 1.82) is 0 Å². The number of alkyl halides is 2. The summed E-state index contributed by atoms with van der Waals surface area (Å²) < 4.78 is 32.0. The topological polar surface area (TPSA) is 189 Å². The van der Waals surface area contributed by atoms with Crippen LogP contribution in [0.5, 0.6) is 0 Å². The molecule has 18 heteroatoms. The van der Waals surface area contributed by atoms with Crippen LogP contribution in [0, 0.1) is 9.81 Å². The summed E-state index contributed by atoms with van der Waals surface area (Å²) in [4.78, 5) is 28.1. The minimum absolute atomic E-state index is 0. The number of hydrogen-bond acceptors (Lipinski definition) is 9. The molecule has 1 aliphatic heterocycles. The van der Waals surface area contributed by atoms with E-state index in [2.05, 4.69) is 19.9 Å². The molecule has 2 radical (unpaired) electrons. The molecule has 0 unspecified atom stereocenters. The predicted molar refractivity (Wildman–Crippen MR) is 126 cm³/mol. The van der Waals surface area contributed by atoms with Gasteiger partial charge in [0.15, 0.2) is 0 Å². The molecule has 14 nitrogen and oxygen atoms in total. The summed E-state index contributed by atoms with van der Waals surface area (Å²) in [5.74, 6) is 0. The Hall–Kier alpha value is -0.521. The number of aromatic amines is 1. The molecule has 0 atom stereocenters. The molecule has 1 fully saturated rings. The Morgan fingerprint density at radius 1 is 0.676 bits per heavy atom. The fourth-order valence-electron chi connectivity index (χ4n) is 1.73. The van der Waals surface area contributed by atoms with Crippen LogP contribution < -0.4 is 55.7 Å². The Bertz CT molecular complexity index is 411. The van der Waals surface area contributed by atoms with E-state index >= 15 is 0 Å². The molecule has 1 saturated heterocycles. The first-order chi connectivity index (χ1) is 17.4. The van der Waals surface area contributed by atoms with Gasteiger partial charge in [-0.15, -0.1) is 33.0 Å². The molecular weight excluding hydrogens is 590 g/mol. The van der Waals surface area contributed by atoms with Crippen LogP contribution >= 0.6 is 23.2 Å². The van der Waals surface area contributed by atoms with Crippen molar-refractivity contribution in [3.8, 4) is 0 Å². The zero-order valence-corrected chi connectivity index (χ0v) is 25.4. The van der Waals surface area contributed by atoms with E-state index in [1.165, 1.54) is 6.33 Å². The number of hydrogen-bond donors (Lipinski definition) is 0. The van der Waals surface area contributed by atoms with E-state index in [1.807, 2.05) is 0 Å². The Balaban J connectivity index is -0.000000147. The number of nitrogens with one attached hydrogen (secondary N) is 1. The molecule has 0 amide bonds. The summed E-state index contributed by atoms with van der Waals surface area (Å²) in [5.41, 5.74) is 11.5. The van der Waals surface area contributed by atoms with Gasteiger partial charge in [-0.3, -0.25) is 0 Å². The first kappa shape index (κ1) is 46.3. The van der Waals surface area contributed by atoms with Crippen molar-refractivity contribution in [2.45, 2.75) is 0 Å². The molecule has 3 heterocycles. The van der Waals surface area contributed by atoms with E-state index in [1.54, 1.807) is 31.1 Å². The number of nitrogens with zero attached hydrogens (tertiary/aromatic N) is 5. The molecule has 1 N–H and O–H groups in total. The number of imidazole rings is 2. The third-order valence-corrected chi connectivity index (χ3v) is 3.01. The molecule has 210 valence electrons. The first-order valence-electron chi connectivity index (χ1n) is 10.2. The van der Waals surface area contributed by atoms with Gasteiger partial charge in [-0.1, -0.05) is 18.7 Å². The normalized spacial score (nSPS) is 14.5. The fourth-order valence-corrected chi connectivity index (χ4v) is 1.73. The predicted octanol–water partition coefficient (Wildman–Crippen LogP) is -2.87. The van der Waals surface area contributed by atoms with Crippen LogP contribution in [0.4, 0.5) is 0 Å². The van der Waals surface area contributed by atoms with Gasteiger partial charge in [0.1, 0.15) is 11.2 Å². The van der Waals surface area contributed by atoms with Gasteiger partial charge in [-0.25, -0.2) is 4.98 Å². The van der Waals surface area contributed by atoms with Crippen molar-refractivity contribution < 1.29 is 80.0 Å². The minimum Gasteiger partial charge on any atom is -0.450 e. The summed E-state index contributed by atoms with van der Waals surface area (Å²) in [6, 6.07) is 0. The average Bonchev–Trinajstić information content (AvgIpc) is 3.67. The van der Waals surface area contributed by atoms with Gasteiger partial charge in [0, 0.05) is 29.5 Å². The summed E-state index contributed by atoms with van der Waals surface area (Å²) in [6.07, 6.45) is 9.86. The Morgan fingerprint density at radius 2 is 1.00 bits per heavy atom. The van der Waals surface area contributed by atoms with E-state index in [9.17, 15) is 0 Å². The van der Waals surface area contributed by atoms with Gasteiger partial charge in [0.25, 0.3) is 0 Å². The van der Waals surface area contributed by atoms with Crippen LogP contribution in [-0.4, -0.2) is 89.6 Å². The summed E-state index contributed by atoms with van der Waals surface area (Å²) in [6.45, 7) is 7.04. The van der Waals surface area contributed by atoms with Gasteiger partial charge in [0.2, 0.25) is 0 Å². The minimum atomic E-state index is 0. The monoisotopic (exact) mass is 622 g/mol. The van der Waals surface area contributed by atoms with E-state index in [0.29, 0.717) is 79.3 Å². The zero-order chi connectivity index (χ0) is 26.5. The number of aromatic nitrogens is 4. The molecule has 1 aliphatic rings. The number of ether oxygens (including phenoxy) is 6. The van der Waals surface area contributed by atoms with Crippen LogP contribution in [0.25, 0.3) is 0 Å². The number of halogens is 2. The van der Waals surface area contributed by atoms with E-state index < -0.39 is 0 Å². The van der Waals surface area contributed by atoms with Crippen molar-refractivity contribution in [2.75, 3.05) is 84.6 Å². The van der Waals surface area contributed by atoms with Crippen LogP contribution in [-0.2, 0) is 45.5 Å². The Morgan fingerprint density at radius 3 is 1.11 bits per heavy atom. The van der Waals surface area contributed by atoms with Gasteiger partial charge in [-0.2, -0.15) is 0 Å². The molecule has 0 saturated carbocycles. The van der Waals surface area contributed by atoms with Gasteiger partial charge in [0.05, 0.1) is 90.9 Å². The standard InChI is InChI=1S/C12H24O6.2C3H3N2.CH2Cl2.Fe.2NO.Na/c1-2-14-5-6-16-9-10-18-12-11-17-8-7-15-4-3-13-1;2*1-2-5-3-4-1;2-1-3;;2*1-2;/h1-12H2;2*1-3H;1H2;;;;/q;2*-1;;;;;+1/p+1. The first-order valence-corrected chi connectivity index (χ1v) is 11.2. The summed E-state index contributed by atoms with van der Waals surface area (Å²) in [5, 5.41) is 0.194. The molecular formula is C19H33Cl2FeN6NaO8. The van der Waals surface area contributed by atoms with E-state index in [4.69, 9.17) is 72.6 Å². The fraction of sp³-hybridized carbons (Fsp3) is 0.684. The molecule has 0 aliphatic carbocycles. The van der Waals surface area contributed by atoms with Crippen molar-refractivity contribution >= 4 is 23.2 Å². The molecule has 3 rings (SSSR count). The van der Waals surface area contributed by atoms with Gasteiger partial charge in [-0.05, 0) is 0 Å². The molecule has 0 aromatic carbocycles. The van der Waals surface area contributed by atoms with Crippen molar-refractivity contribution in [1.82, 2.24) is 26.1 Å². The maximum absolute atomic E-state index is 7.25. The Kier molecular flexibility index (Phi) is 65.1. The SMILES string of the molecule is C1COCCOCCOCCOCCOCCO1.ClCCl.[Fe].[N]=O.[N]=O.[Na+].c1c[n-]cn1.c1c[nH+]c[n-]1. The van der Waals surface area contributed by atoms with Crippen molar-refractivity contribution in [3.63, 3.8) is 0 Å². The van der Waals surface area contributed by atoms with Gasteiger partial charge >= 0.3 is 29.6 Å². The molecule has 2 aromatic rings. The van der Waals surface area contributed by atoms with Crippen LogP contribution in [0.15, 0.2) is 37.4 Å². The molecule has 0 bridgehead atoms. The van der Waals surface area contributed by atoms with Crippen molar-refractivity contribution in [3.05, 3.63) is 47.3 Å². The number of H-pyrrole nitrogens is 1. The summed E-state index contributed by atoms with van der Waals surface area (Å²) >= 11 is 9.53.